The zero-order chi connectivity index (χ0) is 9.42. The van der Waals surface area contributed by atoms with Gasteiger partial charge in [0.25, 0.3) is 0 Å². The second kappa shape index (κ2) is 3.00. The van der Waals surface area contributed by atoms with Crippen LogP contribution in [0.2, 0.25) is 0 Å². The Labute approximate surface area is 76.9 Å². The van der Waals surface area contributed by atoms with E-state index in [1.54, 1.807) is 12.1 Å². The van der Waals surface area contributed by atoms with Crippen molar-refractivity contribution in [2.45, 2.75) is 18.9 Å². The Morgan fingerprint density at radius 3 is 3.08 bits per heavy atom. The first kappa shape index (κ1) is 8.51. The van der Waals surface area contributed by atoms with Crippen molar-refractivity contribution in [2.24, 2.45) is 5.73 Å². The molecule has 1 aromatic rings. The van der Waals surface area contributed by atoms with Gasteiger partial charge >= 0.3 is 0 Å². The molecule has 1 aromatic carbocycles. The number of rotatable bonds is 1. The monoisotopic (exact) mass is 180 g/mol. The number of hydrogen-bond acceptors (Lipinski definition) is 2. The van der Waals surface area contributed by atoms with Gasteiger partial charge in [-0.05, 0) is 30.7 Å². The number of halogens is 1. The second-order valence-corrected chi connectivity index (χ2v) is 3.58. The van der Waals surface area contributed by atoms with Gasteiger partial charge in [-0.1, -0.05) is 0 Å². The minimum atomic E-state index is -0.187. The van der Waals surface area contributed by atoms with Gasteiger partial charge in [0.1, 0.15) is 5.82 Å². The Kier molecular flexibility index (Phi) is 1.96. The first-order valence-corrected chi connectivity index (χ1v) is 4.47. The molecule has 0 saturated carbocycles. The second-order valence-electron chi connectivity index (χ2n) is 3.58. The van der Waals surface area contributed by atoms with Crippen LogP contribution in [-0.4, -0.2) is 12.6 Å². The van der Waals surface area contributed by atoms with Crippen LogP contribution < -0.4 is 11.1 Å². The molecule has 1 aliphatic heterocycles. The summed E-state index contributed by atoms with van der Waals surface area (Å²) in [5, 5.41) is 3.21. The van der Waals surface area contributed by atoms with Gasteiger partial charge in [0.15, 0.2) is 0 Å². The number of hydrogen-bond donors (Lipinski definition) is 2. The lowest BCUT2D eigenvalue weighted by molar-refractivity contribution is 0.596. The van der Waals surface area contributed by atoms with E-state index >= 15 is 0 Å². The molecule has 0 bridgehead atoms. The minimum Gasteiger partial charge on any atom is -0.384 e. The average Bonchev–Trinajstić information content (AvgIpc) is 2.46. The summed E-state index contributed by atoms with van der Waals surface area (Å²) in [7, 11) is 0. The lowest BCUT2D eigenvalue weighted by Gasteiger charge is -2.13. The summed E-state index contributed by atoms with van der Waals surface area (Å²) in [6, 6.07) is 4.88. The third-order valence-corrected chi connectivity index (χ3v) is 2.56. The van der Waals surface area contributed by atoms with Crippen LogP contribution in [0.5, 0.6) is 0 Å². The fourth-order valence-electron chi connectivity index (χ4n) is 1.80. The van der Waals surface area contributed by atoms with E-state index in [1.807, 2.05) is 6.92 Å². The molecule has 0 aromatic heterocycles. The summed E-state index contributed by atoms with van der Waals surface area (Å²) in [6.45, 7) is 2.77. The van der Waals surface area contributed by atoms with Gasteiger partial charge in [0, 0.05) is 24.2 Å². The molecule has 1 heterocycles. The van der Waals surface area contributed by atoms with Crippen molar-refractivity contribution in [1.82, 2.24) is 0 Å². The van der Waals surface area contributed by atoms with Crippen molar-refractivity contribution < 1.29 is 4.39 Å². The van der Waals surface area contributed by atoms with Crippen molar-refractivity contribution in [3.63, 3.8) is 0 Å². The molecule has 3 N–H and O–H groups in total. The fraction of sp³-hybridized carbons (Fsp3) is 0.400. The van der Waals surface area contributed by atoms with Crippen LogP contribution in [0.25, 0.3) is 0 Å². The molecule has 0 radical (unpaired) electrons. The van der Waals surface area contributed by atoms with Gasteiger partial charge in [0.05, 0.1) is 0 Å². The highest BCUT2D eigenvalue weighted by molar-refractivity contribution is 5.58. The van der Waals surface area contributed by atoms with Gasteiger partial charge in [-0.3, -0.25) is 0 Å². The summed E-state index contributed by atoms with van der Waals surface area (Å²) >= 11 is 0. The number of nitrogens with two attached hydrogens (primary N) is 1. The number of nitrogens with one attached hydrogen (secondary N) is 1. The minimum absolute atomic E-state index is 0.0653. The predicted molar refractivity (Wildman–Crippen MR) is 51.3 cm³/mol. The van der Waals surface area contributed by atoms with Crippen molar-refractivity contribution in [3.05, 3.63) is 29.6 Å². The SMILES string of the molecule is CC(N)C1CNc2ccc(F)cc21. The number of benzene rings is 1. The summed E-state index contributed by atoms with van der Waals surface area (Å²) in [5.74, 6) is 0.0544. The summed E-state index contributed by atoms with van der Waals surface area (Å²) in [5.41, 5.74) is 7.83. The number of fused-ring (bicyclic) bond motifs is 1. The van der Waals surface area contributed by atoms with Gasteiger partial charge in [-0.2, -0.15) is 0 Å². The highest BCUT2D eigenvalue weighted by atomic mass is 19.1. The fourth-order valence-corrected chi connectivity index (χ4v) is 1.80. The van der Waals surface area contributed by atoms with Crippen molar-refractivity contribution in [2.75, 3.05) is 11.9 Å². The van der Waals surface area contributed by atoms with E-state index in [9.17, 15) is 4.39 Å². The zero-order valence-electron chi connectivity index (χ0n) is 7.55. The maximum atomic E-state index is 12.9. The predicted octanol–water partition coefficient (Wildman–Crippen LogP) is 1.68. The normalized spacial score (nSPS) is 22.2. The Balaban J connectivity index is 2.40. The van der Waals surface area contributed by atoms with Crippen LogP contribution >= 0.6 is 0 Å². The van der Waals surface area contributed by atoms with Crippen LogP contribution in [0, 0.1) is 5.82 Å². The smallest absolute Gasteiger partial charge is 0.123 e. The molecule has 2 unspecified atom stereocenters. The van der Waals surface area contributed by atoms with Crippen LogP contribution in [0.4, 0.5) is 10.1 Å². The number of anilines is 1. The largest absolute Gasteiger partial charge is 0.384 e. The van der Waals surface area contributed by atoms with E-state index < -0.39 is 0 Å². The van der Waals surface area contributed by atoms with E-state index in [2.05, 4.69) is 5.32 Å². The molecule has 3 heteroatoms. The zero-order valence-corrected chi connectivity index (χ0v) is 7.55. The van der Waals surface area contributed by atoms with Crippen molar-refractivity contribution in [3.8, 4) is 0 Å². The maximum absolute atomic E-state index is 12.9. The quantitative estimate of drug-likeness (QED) is 0.690. The molecule has 13 heavy (non-hydrogen) atoms. The molecule has 2 atom stereocenters. The third kappa shape index (κ3) is 1.40. The molecular formula is C10H13FN2. The first-order valence-electron chi connectivity index (χ1n) is 4.47. The Morgan fingerprint density at radius 2 is 2.38 bits per heavy atom. The molecule has 0 aliphatic carbocycles. The third-order valence-electron chi connectivity index (χ3n) is 2.56. The molecule has 0 amide bonds. The standard InChI is InChI=1S/C10H13FN2/c1-6(12)9-5-13-10-3-2-7(11)4-8(9)10/h2-4,6,9,13H,5,12H2,1H3. The topological polar surface area (TPSA) is 38.0 Å². The highest BCUT2D eigenvalue weighted by Gasteiger charge is 2.25. The Bertz CT molecular complexity index is 323. The van der Waals surface area contributed by atoms with E-state index in [-0.39, 0.29) is 17.8 Å². The summed E-state index contributed by atoms with van der Waals surface area (Å²) in [4.78, 5) is 0. The summed E-state index contributed by atoms with van der Waals surface area (Å²) < 4.78 is 12.9. The molecule has 1 aliphatic rings. The molecular weight excluding hydrogens is 167 g/mol. The lowest BCUT2D eigenvalue weighted by Crippen LogP contribution is -2.25. The average molecular weight is 180 g/mol. The van der Waals surface area contributed by atoms with Gasteiger partial charge < -0.3 is 11.1 Å². The molecule has 0 spiro atoms. The van der Waals surface area contributed by atoms with E-state index in [1.165, 1.54) is 6.07 Å². The van der Waals surface area contributed by atoms with Crippen molar-refractivity contribution in [1.29, 1.82) is 0 Å². The van der Waals surface area contributed by atoms with E-state index in [0.717, 1.165) is 17.8 Å². The van der Waals surface area contributed by atoms with Crippen molar-refractivity contribution >= 4 is 5.69 Å². The Morgan fingerprint density at radius 1 is 1.62 bits per heavy atom. The summed E-state index contributed by atoms with van der Waals surface area (Å²) in [6.07, 6.45) is 0. The van der Waals surface area contributed by atoms with Crippen LogP contribution in [0.15, 0.2) is 18.2 Å². The Hall–Kier alpha value is -1.09. The van der Waals surface area contributed by atoms with Crippen LogP contribution in [0.3, 0.4) is 0 Å². The van der Waals surface area contributed by atoms with Gasteiger partial charge in [-0.25, -0.2) is 4.39 Å². The molecule has 2 nitrogen and oxygen atoms in total. The lowest BCUT2D eigenvalue weighted by atomic mass is 9.95. The maximum Gasteiger partial charge on any atom is 0.123 e. The first-order chi connectivity index (χ1) is 6.18. The van der Waals surface area contributed by atoms with Crippen LogP contribution in [-0.2, 0) is 0 Å². The van der Waals surface area contributed by atoms with E-state index in [0.29, 0.717) is 0 Å². The molecule has 2 rings (SSSR count). The van der Waals surface area contributed by atoms with E-state index in [4.69, 9.17) is 5.73 Å². The molecule has 70 valence electrons. The molecule has 0 fully saturated rings. The highest BCUT2D eigenvalue weighted by Crippen LogP contribution is 2.33. The van der Waals surface area contributed by atoms with Gasteiger partial charge in [-0.15, -0.1) is 0 Å². The van der Waals surface area contributed by atoms with Crippen LogP contribution in [0.1, 0.15) is 18.4 Å². The van der Waals surface area contributed by atoms with Gasteiger partial charge in [0.2, 0.25) is 0 Å². The molecule has 0 saturated heterocycles.